The van der Waals surface area contributed by atoms with E-state index in [4.69, 9.17) is 9.47 Å². The topological polar surface area (TPSA) is 35.5 Å². The van der Waals surface area contributed by atoms with E-state index < -0.39 is 0 Å². The van der Waals surface area contributed by atoms with Crippen molar-refractivity contribution in [2.24, 2.45) is 0 Å². The summed E-state index contributed by atoms with van der Waals surface area (Å²) in [4.78, 5) is 11.9. The predicted molar refractivity (Wildman–Crippen MR) is 74.4 cm³/mol. The van der Waals surface area contributed by atoms with Crippen LogP contribution in [0.2, 0.25) is 0 Å². The molecule has 2 rings (SSSR count). The molecule has 1 aliphatic rings. The second kappa shape index (κ2) is 6.83. The summed E-state index contributed by atoms with van der Waals surface area (Å²) in [6.07, 6.45) is 3.01. The molecular weight excluding hydrogens is 240 g/mol. The first-order valence-electron chi connectivity index (χ1n) is 7.00. The lowest BCUT2D eigenvalue weighted by Crippen LogP contribution is -2.34. The lowest BCUT2D eigenvalue weighted by molar-refractivity contribution is -0.101. The summed E-state index contributed by atoms with van der Waals surface area (Å²) in [5, 5.41) is 0. The van der Waals surface area contributed by atoms with E-state index in [2.05, 4.69) is 13.8 Å². The van der Waals surface area contributed by atoms with Gasteiger partial charge in [-0.1, -0.05) is 30.3 Å². The molecule has 104 valence electrons. The van der Waals surface area contributed by atoms with Gasteiger partial charge in [-0.3, -0.25) is 4.79 Å². The number of ether oxygens (including phenoxy) is 2. The molecular formula is C16H22O3. The van der Waals surface area contributed by atoms with Crippen LogP contribution >= 0.6 is 0 Å². The molecule has 1 aromatic rings. The molecule has 0 N–H and O–H groups in total. The monoisotopic (exact) mass is 262 g/mol. The maximum Gasteiger partial charge on any atom is 0.165 e. The van der Waals surface area contributed by atoms with Crippen molar-refractivity contribution in [3.8, 4) is 0 Å². The number of hydrogen-bond acceptors (Lipinski definition) is 3. The van der Waals surface area contributed by atoms with Crippen LogP contribution in [0, 0.1) is 0 Å². The molecule has 1 aromatic carbocycles. The minimum absolute atomic E-state index is 0.147. The molecule has 3 heteroatoms. The third kappa shape index (κ3) is 4.44. The van der Waals surface area contributed by atoms with Gasteiger partial charge >= 0.3 is 0 Å². The minimum Gasteiger partial charge on any atom is -0.378 e. The summed E-state index contributed by atoms with van der Waals surface area (Å²) in [6, 6.07) is 9.38. The van der Waals surface area contributed by atoms with Gasteiger partial charge in [0.1, 0.15) is 0 Å². The van der Waals surface area contributed by atoms with Gasteiger partial charge in [0.05, 0.1) is 24.9 Å². The number of hydrogen-bond donors (Lipinski definition) is 0. The second-order valence-corrected chi connectivity index (χ2v) is 5.26. The normalized spacial score (nSPS) is 27.2. The molecule has 0 bridgehead atoms. The van der Waals surface area contributed by atoms with Gasteiger partial charge in [0.2, 0.25) is 0 Å². The van der Waals surface area contributed by atoms with E-state index >= 15 is 0 Å². The molecule has 2 unspecified atom stereocenters. The molecule has 0 spiro atoms. The van der Waals surface area contributed by atoms with Gasteiger partial charge < -0.3 is 9.47 Å². The van der Waals surface area contributed by atoms with Crippen molar-refractivity contribution in [3.05, 3.63) is 35.9 Å². The molecule has 19 heavy (non-hydrogen) atoms. The van der Waals surface area contributed by atoms with Gasteiger partial charge in [0.15, 0.2) is 5.78 Å². The van der Waals surface area contributed by atoms with Crippen LogP contribution in [0.4, 0.5) is 0 Å². The quantitative estimate of drug-likeness (QED) is 0.764. The molecule has 1 fully saturated rings. The van der Waals surface area contributed by atoms with Crippen molar-refractivity contribution < 1.29 is 14.3 Å². The van der Waals surface area contributed by atoms with Crippen LogP contribution in [0.1, 0.15) is 43.5 Å². The number of carbonyl (C=O) groups excluding carboxylic acids is 1. The van der Waals surface area contributed by atoms with Crippen LogP contribution in [0.3, 0.4) is 0 Å². The van der Waals surface area contributed by atoms with E-state index in [0.717, 1.165) is 18.4 Å². The van der Waals surface area contributed by atoms with Gasteiger partial charge in [0.25, 0.3) is 0 Å². The molecule has 0 aliphatic carbocycles. The van der Waals surface area contributed by atoms with E-state index in [1.807, 2.05) is 30.3 Å². The van der Waals surface area contributed by atoms with Crippen molar-refractivity contribution >= 4 is 5.78 Å². The van der Waals surface area contributed by atoms with Gasteiger partial charge in [-0.25, -0.2) is 0 Å². The Hall–Kier alpha value is -1.19. The second-order valence-electron chi connectivity index (χ2n) is 5.26. The first kappa shape index (κ1) is 14.2. The fraction of sp³-hybridized carbons (Fsp3) is 0.562. The van der Waals surface area contributed by atoms with Crippen molar-refractivity contribution in [1.29, 1.82) is 0 Å². The van der Waals surface area contributed by atoms with Gasteiger partial charge in [0, 0.05) is 12.0 Å². The van der Waals surface area contributed by atoms with Crippen LogP contribution in [-0.2, 0) is 9.47 Å². The number of rotatable bonds is 5. The molecule has 1 aliphatic heterocycles. The maximum atomic E-state index is 11.9. The Morgan fingerprint density at radius 1 is 1.21 bits per heavy atom. The summed E-state index contributed by atoms with van der Waals surface area (Å²) >= 11 is 0. The van der Waals surface area contributed by atoms with Crippen LogP contribution in [0.15, 0.2) is 30.3 Å². The molecule has 0 radical (unpaired) electrons. The number of ketones is 1. The molecule has 1 saturated heterocycles. The van der Waals surface area contributed by atoms with E-state index in [1.54, 1.807) is 0 Å². The third-order valence-electron chi connectivity index (χ3n) is 3.43. The zero-order valence-electron chi connectivity index (χ0n) is 11.7. The zero-order valence-corrected chi connectivity index (χ0v) is 11.7. The van der Waals surface area contributed by atoms with Crippen molar-refractivity contribution in [2.75, 3.05) is 6.61 Å². The van der Waals surface area contributed by atoms with Crippen LogP contribution in [0.5, 0.6) is 0 Å². The highest BCUT2D eigenvalue weighted by atomic mass is 16.5. The summed E-state index contributed by atoms with van der Waals surface area (Å²) in [6.45, 7) is 4.64. The van der Waals surface area contributed by atoms with Crippen molar-refractivity contribution in [2.45, 2.75) is 51.4 Å². The molecule has 0 saturated carbocycles. The highest BCUT2D eigenvalue weighted by molar-refractivity contribution is 5.96. The SMILES string of the molecule is CC1CC(OCCC(=O)c2ccccc2)CC(C)O1. The Balaban J connectivity index is 1.73. The molecule has 1 heterocycles. The Kier molecular flexibility index (Phi) is 5.11. The first-order chi connectivity index (χ1) is 9.15. The Labute approximate surface area is 114 Å². The Morgan fingerprint density at radius 3 is 2.47 bits per heavy atom. The number of Topliss-reactive ketones (excluding diaryl/α,β-unsaturated/α-hetero) is 1. The molecule has 3 nitrogen and oxygen atoms in total. The molecule has 2 atom stereocenters. The van der Waals surface area contributed by atoms with E-state index in [-0.39, 0.29) is 24.1 Å². The minimum atomic E-state index is 0.147. The van der Waals surface area contributed by atoms with E-state index in [0.29, 0.717) is 13.0 Å². The fourth-order valence-corrected chi connectivity index (χ4v) is 2.57. The van der Waals surface area contributed by atoms with Crippen LogP contribution < -0.4 is 0 Å². The lowest BCUT2D eigenvalue weighted by atomic mass is 10.0. The highest BCUT2D eigenvalue weighted by Crippen LogP contribution is 2.21. The Morgan fingerprint density at radius 2 is 1.84 bits per heavy atom. The average molecular weight is 262 g/mol. The average Bonchev–Trinajstić information content (AvgIpc) is 2.38. The van der Waals surface area contributed by atoms with Gasteiger partial charge in [-0.15, -0.1) is 0 Å². The van der Waals surface area contributed by atoms with Crippen LogP contribution in [-0.4, -0.2) is 30.7 Å². The van der Waals surface area contributed by atoms with Crippen molar-refractivity contribution in [1.82, 2.24) is 0 Å². The Bertz CT molecular complexity index is 392. The largest absolute Gasteiger partial charge is 0.378 e. The fourth-order valence-electron chi connectivity index (χ4n) is 2.57. The summed E-state index contributed by atoms with van der Waals surface area (Å²) in [7, 11) is 0. The first-order valence-corrected chi connectivity index (χ1v) is 7.00. The summed E-state index contributed by atoms with van der Waals surface area (Å²) in [5.74, 6) is 0.147. The van der Waals surface area contributed by atoms with Gasteiger partial charge in [-0.05, 0) is 26.7 Å². The molecule has 0 aromatic heterocycles. The number of benzene rings is 1. The standard InChI is InChI=1S/C16H22O3/c1-12-10-15(11-13(2)19-12)18-9-8-16(17)14-6-4-3-5-7-14/h3-7,12-13,15H,8-11H2,1-2H3. The van der Waals surface area contributed by atoms with Crippen molar-refractivity contribution in [3.63, 3.8) is 0 Å². The lowest BCUT2D eigenvalue weighted by Gasteiger charge is -2.31. The summed E-state index contributed by atoms with van der Waals surface area (Å²) in [5.41, 5.74) is 0.764. The summed E-state index contributed by atoms with van der Waals surface area (Å²) < 4.78 is 11.5. The zero-order chi connectivity index (χ0) is 13.7. The smallest absolute Gasteiger partial charge is 0.165 e. The van der Waals surface area contributed by atoms with Gasteiger partial charge in [-0.2, -0.15) is 0 Å². The number of carbonyl (C=O) groups is 1. The third-order valence-corrected chi connectivity index (χ3v) is 3.43. The van der Waals surface area contributed by atoms with Crippen LogP contribution in [0.25, 0.3) is 0 Å². The highest BCUT2D eigenvalue weighted by Gasteiger charge is 2.24. The predicted octanol–water partition coefficient (Wildman–Crippen LogP) is 3.23. The maximum absolute atomic E-state index is 11.9. The van der Waals surface area contributed by atoms with E-state index in [1.165, 1.54) is 0 Å². The van der Waals surface area contributed by atoms with E-state index in [9.17, 15) is 4.79 Å². The molecule has 0 amide bonds.